The second-order valence-electron chi connectivity index (χ2n) is 4.64. The number of hydrogen-bond acceptors (Lipinski definition) is 3. The Morgan fingerprint density at radius 2 is 1.80 bits per heavy atom. The predicted octanol–water partition coefficient (Wildman–Crippen LogP) is 3.67. The van der Waals surface area contributed by atoms with Crippen molar-refractivity contribution in [1.82, 2.24) is 0 Å². The average molecular weight is 270 g/mol. The van der Waals surface area contributed by atoms with Crippen molar-refractivity contribution in [2.24, 2.45) is 0 Å². The Morgan fingerprint density at radius 3 is 2.55 bits per heavy atom. The molecule has 0 radical (unpaired) electrons. The van der Waals surface area contributed by atoms with Crippen LogP contribution in [0.15, 0.2) is 42.5 Å². The highest BCUT2D eigenvalue weighted by Crippen LogP contribution is 2.20. The van der Waals surface area contributed by atoms with Gasteiger partial charge < -0.3 is 9.47 Å². The lowest BCUT2D eigenvalue weighted by atomic mass is 10.0. The van der Waals surface area contributed by atoms with Crippen molar-refractivity contribution in [3.63, 3.8) is 0 Å². The van der Waals surface area contributed by atoms with E-state index in [0.29, 0.717) is 5.56 Å². The summed E-state index contributed by atoms with van der Waals surface area (Å²) in [4.78, 5) is 12.1. The molecule has 0 saturated carbocycles. The summed E-state index contributed by atoms with van der Waals surface area (Å²) in [6, 6.07) is 13.1. The molecule has 0 atom stereocenters. The molecule has 0 aliphatic rings. The molecule has 3 nitrogen and oxygen atoms in total. The Bertz CT molecular complexity index is 617. The highest BCUT2D eigenvalue weighted by atomic mass is 16.5. The molecule has 0 unspecified atom stereocenters. The second kappa shape index (κ2) is 6.24. The van der Waals surface area contributed by atoms with E-state index < -0.39 is 0 Å². The van der Waals surface area contributed by atoms with E-state index in [-0.39, 0.29) is 12.6 Å². The Kier molecular flexibility index (Phi) is 4.41. The van der Waals surface area contributed by atoms with E-state index in [1.54, 1.807) is 13.2 Å². The summed E-state index contributed by atoms with van der Waals surface area (Å²) >= 11 is 0. The van der Waals surface area contributed by atoms with Crippen molar-refractivity contribution in [2.45, 2.75) is 20.5 Å². The number of carbonyl (C=O) groups is 1. The van der Waals surface area contributed by atoms with E-state index in [2.05, 4.69) is 0 Å². The molecule has 2 rings (SSSR count). The lowest BCUT2D eigenvalue weighted by Gasteiger charge is -2.11. The van der Waals surface area contributed by atoms with Crippen LogP contribution in [0, 0.1) is 13.8 Å². The smallest absolute Gasteiger partial charge is 0.338 e. The third-order valence-electron chi connectivity index (χ3n) is 3.38. The number of para-hydroxylation sites is 1. The van der Waals surface area contributed by atoms with Crippen LogP contribution in [0.25, 0.3) is 0 Å². The van der Waals surface area contributed by atoms with Gasteiger partial charge in [-0.2, -0.15) is 0 Å². The number of rotatable bonds is 4. The van der Waals surface area contributed by atoms with Gasteiger partial charge in [0.25, 0.3) is 0 Å². The molecule has 3 heteroatoms. The van der Waals surface area contributed by atoms with Crippen molar-refractivity contribution < 1.29 is 14.3 Å². The maximum atomic E-state index is 12.1. The van der Waals surface area contributed by atoms with E-state index in [0.717, 1.165) is 22.4 Å². The normalized spacial score (nSPS) is 10.2. The summed E-state index contributed by atoms with van der Waals surface area (Å²) in [6.07, 6.45) is 0. The first kappa shape index (κ1) is 14.1. The highest BCUT2D eigenvalue weighted by Gasteiger charge is 2.12. The van der Waals surface area contributed by atoms with Gasteiger partial charge in [0.05, 0.1) is 12.7 Å². The van der Waals surface area contributed by atoms with Crippen molar-refractivity contribution in [3.05, 3.63) is 64.7 Å². The fraction of sp³-hybridized carbons (Fsp3) is 0.235. The summed E-state index contributed by atoms with van der Waals surface area (Å²) < 4.78 is 10.6. The zero-order chi connectivity index (χ0) is 14.5. The summed E-state index contributed by atoms with van der Waals surface area (Å²) in [6.45, 7) is 4.11. The molecule has 0 heterocycles. The fourth-order valence-electron chi connectivity index (χ4n) is 2.02. The number of benzene rings is 2. The average Bonchev–Trinajstić information content (AvgIpc) is 2.48. The minimum absolute atomic E-state index is 0.205. The molecule has 0 bridgehead atoms. The molecule has 0 amide bonds. The highest BCUT2D eigenvalue weighted by molar-refractivity contribution is 5.91. The van der Waals surface area contributed by atoms with Crippen molar-refractivity contribution in [1.29, 1.82) is 0 Å². The number of ether oxygens (including phenoxy) is 2. The molecule has 0 spiro atoms. The van der Waals surface area contributed by atoms with E-state index in [4.69, 9.17) is 9.47 Å². The first-order valence-corrected chi connectivity index (χ1v) is 6.48. The Morgan fingerprint density at radius 1 is 1.05 bits per heavy atom. The van der Waals surface area contributed by atoms with Gasteiger partial charge in [-0.1, -0.05) is 30.3 Å². The Labute approximate surface area is 119 Å². The van der Waals surface area contributed by atoms with Gasteiger partial charge in [-0.05, 0) is 37.1 Å². The SMILES string of the molecule is COc1ccccc1COC(=O)c1cccc(C)c1C. The van der Waals surface area contributed by atoms with Crippen LogP contribution in [0.4, 0.5) is 0 Å². The monoisotopic (exact) mass is 270 g/mol. The third-order valence-corrected chi connectivity index (χ3v) is 3.38. The van der Waals surface area contributed by atoms with Gasteiger partial charge in [-0.25, -0.2) is 4.79 Å². The number of hydrogen-bond donors (Lipinski definition) is 0. The maximum absolute atomic E-state index is 12.1. The lowest BCUT2D eigenvalue weighted by Crippen LogP contribution is -2.08. The molecule has 0 fully saturated rings. The van der Waals surface area contributed by atoms with E-state index in [1.165, 1.54) is 0 Å². The Balaban J connectivity index is 2.11. The number of carbonyl (C=O) groups excluding carboxylic acids is 1. The summed E-state index contributed by atoms with van der Waals surface area (Å²) in [5.41, 5.74) is 3.50. The van der Waals surface area contributed by atoms with Gasteiger partial charge in [0.15, 0.2) is 0 Å². The van der Waals surface area contributed by atoms with Gasteiger partial charge in [-0.15, -0.1) is 0 Å². The van der Waals surface area contributed by atoms with E-state index >= 15 is 0 Å². The van der Waals surface area contributed by atoms with Crippen LogP contribution in [-0.2, 0) is 11.3 Å². The van der Waals surface area contributed by atoms with Crippen LogP contribution in [-0.4, -0.2) is 13.1 Å². The van der Waals surface area contributed by atoms with Crippen molar-refractivity contribution >= 4 is 5.97 Å². The molecular formula is C17H18O3. The largest absolute Gasteiger partial charge is 0.496 e. The topological polar surface area (TPSA) is 35.5 Å². The summed E-state index contributed by atoms with van der Waals surface area (Å²) in [7, 11) is 1.60. The molecule has 2 aromatic rings. The van der Waals surface area contributed by atoms with Gasteiger partial charge >= 0.3 is 5.97 Å². The first-order valence-electron chi connectivity index (χ1n) is 6.48. The second-order valence-corrected chi connectivity index (χ2v) is 4.64. The minimum atomic E-state index is -0.308. The van der Waals surface area contributed by atoms with Crippen molar-refractivity contribution in [2.75, 3.05) is 7.11 Å². The van der Waals surface area contributed by atoms with Crippen LogP contribution in [0.1, 0.15) is 27.0 Å². The van der Waals surface area contributed by atoms with Gasteiger partial charge in [-0.3, -0.25) is 0 Å². The number of aryl methyl sites for hydroxylation is 1. The summed E-state index contributed by atoms with van der Waals surface area (Å²) in [5.74, 6) is 0.415. The van der Waals surface area contributed by atoms with E-state index in [1.807, 2.05) is 50.2 Å². The van der Waals surface area contributed by atoms with Crippen LogP contribution in [0.5, 0.6) is 5.75 Å². The summed E-state index contributed by atoms with van der Waals surface area (Å²) in [5, 5.41) is 0. The van der Waals surface area contributed by atoms with Crippen LogP contribution in [0.3, 0.4) is 0 Å². The Hall–Kier alpha value is -2.29. The van der Waals surface area contributed by atoms with Crippen LogP contribution in [0.2, 0.25) is 0 Å². The zero-order valence-electron chi connectivity index (χ0n) is 12.0. The quantitative estimate of drug-likeness (QED) is 0.795. The number of esters is 1. The van der Waals surface area contributed by atoms with Crippen molar-refractivity contribution in [3.8, 4) is 5.75 Å². The fourth-order valence-corrected chi connectivity index (χ4v) is 2.02. The molecule has 2 aromatic carbocycles. The molecule has 0 saturated heterocycles. The van der Waals surface area contributed by atoms with Crippen LogP contribution < -0.4 is 4.74 Å². The van der Waals surface area contributed by atoms with Gasteiger partial charge in [0, 0.05) is 5.56 Å². The van der Waals surface area contributed by atoms with Gasteiger partial charge in [0.2, 0.25) is 0 Å². The first-order chi connectivity index (χ1) is 9.63. The molecule has 0 aliphatic heterocycles. The predicted molar refractivity (Wildman–Crippen MR) is 78.0 cm³/mol. The molecule has 104 valence electrons. The zero-order valence-corrected chi connectivity index (χ0v) is 12.0. The standard InChI is InChI=1S/C17H18O3/c1-12-7-6-9-15(13(12)2)17(18)20-11-14-8-4-5-10-16(14)19-3/h4-10H,11H2,1-3H3. The van der Waals surface area contributed by atoms with E-state index in [9.17, 15) is 4.79 Å². The number of methoxy groups -OCH3 is 1. The third kappa shape index (κ3) is 2.99. The van der Waals surface area contributed by atoms with Gasteiger partial charge in [0.1, 0.15) is 12.4 Å². The molecule has 20 heavy (non-hydrogen) atoms. The molecule has 0 aliphatic carbocycles. The maximum Gasteiger partial charge on any atom is 0.338 e. The van der Waals surface area contributed by atoms with Crippen LogP contribution >= 0.6 is 0 Å². The molecular weight excluding hydrogens is 252 g/mol. The molecule has 0 N–H and O–H groups in total. The lowest BCUT2D eigenvalue weighted by molar-refractivity contribution is 0.0469. The minimum Gasteiger partial charge on any atom is -0.496 e. The molecule has 0 aromatic heterocycles.